The number of benzene rings is 3. The van der Waals surface area contributed by atoms with E-state index in [0.29, 0.717) is 0 Å². The number of methoxy groups -OCH3 is 1. The van der Waals surface area contributed by atoms with Crippen LogP contribution in [0.3, 0.4) is 0 Å². The highest BCUT2D eigenvalue weighted by Crippen LogP contribution is 2.46. The largest absolute Gasteiger partial charge is 0.497 e. The molecule has 0 radical (unpaired) electrons. The molecule has 0 bridgehead atoms. The Balaban J connectivity index is 1.56. The van der Waals surface area contributed by atoms with Crippen LogP contribution in [0, 0.1) is 5.92 Å². The quantitative estimate of drug-likeness (QED) is 0.471. The zero-order valence-electron chi connectivity index (χ0n) is 19.0. The molecule has 2 atom stereocenters. The van der Waals surface area contributed by atoms with Crippen LogP contribution in [0.4, 0.5) is 5.69 Å². The number of β-lactam (4-membered cyclic amide) rings is 1. The van der Waals surface area contributed by atoms with Crippen LogP contribution in [0.5, 0.6) is 5.75 Å². The second-order valence-electron chi connectivity index (χ2n) is 9.02. The Morgan fingerprint density at radius 2 is 1.59 bits per heavy atom. The summed E-state index contributed by atoms with van der Waals surface area (Å²) in [5.74, 6) is 0.890. The number of carbonyl (C=O) groups excluding carboxylic acids is 1. The first kappa shape index (κ1) is 22.1. The van der Waals surface area contributed by atoms with E-state index in [-0.39, 0.29) is 17.9 Å². The molecule has 0 aromatic heterocycles. The van der Waals surface area contributed by atoms with E-state index >= 15 is 0 Å². The molecular weight excluding hydrogens is 398 g/mol. The van der Waals surface area contributed by atoms with Gasteiger partial charge in [0.1, 0.15) is 5.75 Å². The maximum Gasteiger partial charge on any atom is 0.233 e. The third-order valence-electron chi connectivity index (χ3n) is 6.35. The molecule has 1 heterocycles. The number of aryl methyl sites for hydroxylation is 1. The van der Waals surface area contributed by atoms with Gasteiger partial charge in [0.25, 0.3) is 0 Å². The molecule has 4 heteroatoms. The van der Waals surface area contributed by atoms with Crippen molar-refractivity contribution in [3.63, 3.8) is 0 Å². The predicted molar refractivity (Wildman–Crippen MR) is 128 cm³/mol. The van der Waals surface area contributed by atoms with Gasteiger partial charge in [0.2, 0.25) is 5.91 Å². The smallest absolute Gasteiger partial charge is 0.233 e. The number of aliphatic hydroxyl groups is 1. The van der Waals surface area contributed by atoms with Gasteiger partial charge in [0, 0.05) is 5.69 Å². The maximum absolute atomic E-state index is 13.2. The van der Waals surface area contributed by atoms with E-state index in [1.165, 1.54) is 5.56 Å². The Kier molecular flexibility index (Phi) is 6.33. The number of hydrogen-bond donors (Lipinski definition) is 1. The second-order valence-corrected chi connectivity index (χ2v) is 9.02. The summed E-state index contributed by atoms with van der Waals surface area (Å²) in [6.07, 6.45) is 2.78. The highest BCUT2D eigenvalue weighted by atomic mass is 16.5. The van der Waals surface area contributed by atoms with Gasteiger partial charge in [-0.2, -0.15) is 0 Å². The third kappa shape index (κ3) is 4.56. The molecule has 1 N–H and O–H groups in total. The van der Waals surface area contributed by atoms with E-state index in [1.807, 2.05) is 59.5 Å². The highest BCUT2D eigenvalue weighted by molar-refractivity contribution is 6.03. The SMILES string of the molecule is COc1ccc(N2C(=O)[C@@H](CCCc3ccccc3)C2c2ccc(C(C)(C)O)cc2)cc1. The van der Waals surface area contributed by atoms with Gasteiger partial charge in [0.05, 0.1) is 24.7 Å². The van der Waals surface area contributed by atoms with Crippen LogP contribution in [-0.4, -0.2) is 18.1 Å². The minimum Gasteiger partial charge on any atom is -0.497 e. The Morgan fingerprint density at radius 1 is 0.938 bits per heavy atom. The molecular formula is C28H31NO3. The lowest BCUT2D eigenvalue weighted by atomic mass is 9.78. The van der Waals surface area contributed by atoms with Crippen LogP contribution in [-0.2, 0) is 16.8 Å². The van der Waals surface area contributed by atoms with Gasteiger partial charge in [-0.15, -0.1) is 0 Å². The van der Waals surface area contributed by atoms with Crippen molar-refractivity contribution < 1.29 is 14.6 Å². The number of nitrogens with zero attached hydrogens (tertiary/aromatic N) is 1. The van der Waals surface area contributed by atoms with Gasteiger partial charge in [0.15, 0.2) is 0 Å². The zero-order chi connectivity index (χ0) is 22.7. The minimum absolute atomic E-state index is 0.0116. The molecule has 0 saturated carbocycles. The lowest BCUT2D eigenvalue weighted by Gasteiger charge is -2.48. The monoisotopic (exact) mass is 429 g/mol. The second kappa shape index (κ2) is 9.17. The molecule has 3 aromatic carbocycles. The predicted octanol–water partition coefficient (Wildman–Crippen LogP) is 5.65. The van der Waals surface area contributed by atoms with Crippen LogP contribution in [0.25, 0.3) is 0 Å². The summed E-state index contributed by atoms with van der Waals surface area (Å²) in [4.78, 5) is 15.1. The lowest BCUT2D eigenvalue weighted by Crippen LogP contribution is -2.55. The van der Waals surface area contributed by atoms with E-state index in [9.17, 15) is 9.90 Å². The van der Waals surface area contributed by atoms with Crippen molar-refractivity contribution in [3.8, 4) is 5.75 Å². The Labute approximate surface area is 190 Å². The number of hydrogen-bond acceptors (Lipinski definition) is 3. The molecule has 0 spiro atoms. The Morgan fingerprint density at radius 3 is 2.19 bits per heavy atom. The first-order valence-corrected chi connectivity index (χ1v) is 11.2. The van der Waals surface area contributed by atoms with Crippen molar-refractivity contribution in [2.75, 3.05) is 12.0 Å². The molecule has 1 fully saturated rings. The number of anilines is 1. The molecule has 4 nitrogen and oxygen atoms in total. The third-order valence-corrected chi connectivity index (χ3v) is 6.35. The van der Waals surface area contributed by atoms with E-state index in [4.69, 9.17) is 4.74 Å². The highest BCUT2D eigenvalue weighted by Gasteiger charge is 2.48. The molecule has 32 heavy (non-hydrogen) atoms. The van der Waals surface area contributed by atoms with Crippen LogP contribution >= 0.6 is 0 Å². The molecule has 166 valence electrons. The molecule has 3 aromatic rings. The Bertz CT molecular complexity index is 1040. The zero-order valence-corrected chi connectivity index (χ0v) is 19.0. The van der Waals surface area contributed by atoms with E-state index in [0.717, 1.165) is 41.8 Å². The van der Waals surface area contributed by atoms with Crippen LogP contribution in [0.1, 0.15) is 49.4 Å². The number of carbonyl (C=O) groups is 1. The number of rotatable bonds is 8. The van der Waals surface area contributed by atoms with Crippen molar-refractivity contribution in [1.29, 1.82) is 0 Å². The topological polar surface area (TPSA) is 49.8 Å². The molecule has 4 rings (SSSR count). The fourth-order valence-corrected chi connectivity index (χ4v) is 4.50. The summed E-state index contributed by atoms with van der Waals surface area (Å²) < 4.78 is 5.27. The van der Waals surface area contributed by atoms with Gasteiger partial charge in [-0.25, -0.2) is 0 Å². The van der Waals surface area contributed by atoms with Crippen LogP contribution < -0.4 is 9.64 Å². The average Bonchev–Trinajstić information content (AvgIpc) is 2.80. The summed E-state index contributed by atoms with van der Waals surface area (Å²) >= 11 is 0. The first-order chi connectivity index (χ1) is 15.4. The van der Waals surface area contributed by atoms with E-state index < -0.39 is 5.60 Å². The van der Waals surface area contributed by atoms with E-state index in [1.54, 1.807) is 21.0 Å². The minimum atomic E-state index is -0.890. The standard InChI is InChI=1S/C28H31NO3/c1-28(2,31)22-14-12-21(13-15-22)26-25(11-7-10-20-8-5-4-6-9-20)27(30)29(26)23-16-18-24(32-3)19-17-23/h4-6,8-9,12-19,25-26,31H,7,10-11H2,1-3H3/t25-,26?/m0/s1. The lowest BCUT2D eigenvalue weighted by molar-refractivity contribution is -0.130. The normalized spacial score (nSPS) is 18.4. The van der Waals surface area contributed by atoms with Gasteiger partial charge in [-0.1, -0.05) is 54.6 Å². The van der Waals surface area contributed by atoms with Gasteiger partial charge in [-0.3, -0.25) is 4.79 Å². The molecule has 0 aliphatic carbocycles. The summed E-state index contributed by atoms with van der Waals surface area (Å²) in [6, 6.07) is 26.1. The molecule has 1 aliphatic heterocycles. The molecule has 1 amide bonds. The van der Waals surface area contributed by atoms with Gasteiger partial charge in [-0.05, 0) is 74.1 Å². The van der Waals surface area contributed by atoms with Gasteiger partial charge < -0.3 is 14.7 Å². The average molecular weight is 430 g/mol. The van der Waals surface area contributed by atoms with E-state index in [2.05, 4.69) is 24.3 Å². The molecule has 1 aliphatic rings. The number of amides is 1. The molecule has 1 saturated heterocycles. The Hall–Kier alpha value is -3.11. The van der Waals surface area contributed by atoms with Crippen molar-refractivity contribution >= 4 is 11.6 Å². The summed E-state index contributed by atoms with van der Waals surface area (Å²) in [6.45, 7) is 3.57. The molecule has 1 unspecified atom stereocenters. The summed E-state index contributed by atoms with van der Waals surface area (Å²) in [5, 5.41) is 10.3. The summed E-state index contributed by atoms with van der Waals surface area (Å²) in [5.41, 5.74) is 3.25. The van der Waals surface area contributed by atoms with Crippen LogP contribution in [0.2, 0.25) is 0 Å². The van der Waals surface area contributed by atoms with Crippen molar-refractivity contribution in [2.45, 2.75) is 44.8 Å². The fraction of sp³-hybridized carbons (Fsp3) is 0.321. The van der Waals surface area contributed by atoms with Gasteiger partial charge >= 0.3 is 0 Å². The van der Waals surface area contributed by atoms with Crippen molar-refractivity contribution in [1.82, 2.24) is 0 Å². The van der Waals surface area contributed by atoms with Crippen molar-refractivity contribution in [3.05, 3.63) is 95.6 Å². The fourth-order valence-electron chi connectivity index (χ4n) is 4.50. The van der Waals surface area contributed by atoms with Crippen molar-refractivity contribution in [2.24, 2.45) is 5.92 Å². The summed E-state index contributed by atoms with van der Waals surface area (Å²) in [7, 11) is 1.64. The number of ether oxygens (including phenoxy) is 1. The maximum atomic E-state index is 13.2. The van der Waals surface area contributed by atoms with Crippen LogP contribution in [0.15, 0.2) is 78.9 Å². The first-order valence-electron chi connectivity index (χ1n) is 11.2.